The van der Waals surface area contributed by atoms with Crippen LogP contribution < -0.4 is 4.74 Å². The second kappa shape index (κ2) is 6.31. The number of cyclic esters (lactones) is 1. The maximum Gasteiger partial charge on any atom is 0.363 e. The lowest BCUT2D eigenvalue weighted by molar-refractivity contribution is -0.129. The van der Waals surface area contributed by atoms with Crippen LogP contribution in [-0.4, -0.2) is 19.0 Å². The summed E-state index contributed by atoms with van der Waals surface area (Å²) in [5.74, 6) is 0.657. The predicted octanol–water partition coefficient (Wildman–Crippen LogP) is 3.64. The quantitative estimate of drug-likeness (QED) is 0.445. The van der Waals surface area contributed by atoms with Gasteiger partial charge in [-0.15, -0.1) is 0 Å². The van der Waals surface area contributed by atoms with Crippen molar-refractivity contribution in [2.45, 2.75) is 0 Å². The zero-order valence-electron chi connectivity index (χ0n) is 11.7. The molecule has 1 heterocycles. The molecule has 1 aliphatic heterocycles. The number of methoxy groups -OCH3 is 1. The van der Waals surface area contributed by atoms with E-state index in [-0.39, 0.29) is 0 Å². The summed E-state index contributed by atoms with van der Waals surface area (Å²) >= 11 is 2.22. The van der Waals surface area contributed by atoms with Gasteiger partial charge in [-0.25, -0.2) is 9.79 Å². The van der Waals surface area contributed by atoms with E-state index in [4.69, 9.17) is 9.47 Å². The fraction of sp³-hybridized carbons (Fsp3) is 0.0588. The molecule has 0 bridgehead atoms. The van der Waals surface area contributed by atoms with Crippen LogP contribution in [-0.2, 0) is 9.53 Å². The maximum atomic E-state index is 11.9. The standard InChI is InChI=1S/C17H12INO3/c1-21-14-8-2-11(3-9-14)10-15-17(20)22-16(19-15)12-4-6-13(18)7-5-12/h2-10H,1H3/b15-10-. The molecule has 4 nitrogen and oxygen atoms in total. The SMILES string of the molecule is COc1ccc(/C=C2\N=C(c3ccc(I)cc3)OC2=O)cc1. The monoisotopic (exact) mass is 405 g/mol. The number of rotatable bonds is 3. The molecule has 0 unspecified atom stereocenters. The summed E-state index contributed by atoms with van der Waals surface area (Å²) in [7, 11) is 1.61. The number of ether oxygens (including phenoxy) is 2. The number of aliphatic imine (C=N–C) groups is 1. The van der Waals surface area contributed by atoms with Gasteiger partial charge in [0.25, 0.3) is 0 Å². The summed E-state index contributed by atoms with van der Waals surface area (Å²) in [5.41, 5.74) is 1.94. The van der Waals surface area contributed by atoms with Crippen LogP contribution in [0.5, 0.6) is 5.75 Å². The molecule has 5 heteroatoms. The molecule has 0 atom stereocenters. The number of carbonyl (C=O) groups excluding carboxylic acids is 1. The van der Waals surface area contributed by atoms with Gasteiger partial charge in [0.1, 0.15) is 5.75 Å². The molecule has 0 saturated carbocycles. The highest BCUT2D eigenvalue weighted by molar-refractivity contribution is 14.1. The first-order valence-corrected chi connectivity index (χ1v) is 7.66. The molecule has 0 aromatic heterocycles. The fourth-order valence-electron chi connectivity index (χ4n) is 1.98. The summed E-state index contributed by atoms with van der Waals surface area (Å²) in [6.45, 7) is 0. The average molecular weight is 405 g/mol. The van der Waals surface area contributed by atoms with Crippen molar-refractivity contribution in [1.29, 1.82) is 0 Å². The van der Waals surface area contributed by atoms with Gasteiger partial charge in [0.05, 0.1) is 7.11 Å². The number of esters is 1. The Morgan fingerprint density at radius 3 is 2.41 bits per heavy atom. The molecule has 22 heavy (non-hydrogen) atoms. The van der Waals surface area contributed by atoms with Crippen LogP contribution in [0.15, 0.2) is 59.2 Å². The second-order valence-corrected chi connectivity index (χ2v) is 5.86. The highest BCUT2D eigenvalue weighted by Gasteiger charge is 2.23. The topological polar surface area (TPSA) is 47.9 Å². The van der Waals surface area contributed by atoms with Crippen molar-refractivity contribution < 1.29 is 14.3 Å². The van der Waals surface area contributed by atoms with E-state index in [0.717, 1.165) is 20.4 Å². The Morgan fingerprint density at radius 1 is 1.09 bits per heavy atom. The summed E-state index contributed by atoms with van der Waals surface area (Å²) in [4.78, 5) is 16.2. The summed E-state index contributed by atoms with van der Waals surface area (Å²) in [6, 6.07) is 15.0. The highest BCUT2D eigenvalue weighted by Crippen LogP contribution is 2.21. The van der Waals surface area contributed by atoms with E-state index in [1.54, 1.807) is 13.2 Å². The normalized spacial score (nSPS) is 15.6. The van der Waals surface area contributed by atoms with E-state index in [1.165, 1.54) is 0 Å². The first-order chi connectivity index (χ1) is 10.7. The number of halogens is 1. The van der Waals surface area contributed by atoms with Gasteiger partial charge in [-0.2, -0.15) is 0 Å². The molecule has 0 fully saturated rings. The van der Waals surface area contributed by atoms with Gasteiger partial charge in [-0.1, -0.05) is 12.1 Å². The molecule has 0 radical (unpaired) electrons. The Morgan fingerprint density at radius 2 is 1.77 bits per heavy atom. The highest BCUT2D eigenvalue weighted by atomic mass is 127. The Balaban J connectivity index is 1.88. The van der Waals surface area contributed by atoms with Crippen molar-refractivity contribution in [2.75, 3.05) is 7.11 Å². The van der Waals surface area contributed by atoms with Crippen LogP contribution in [0.25, 0.3) is 6.08 Å². The Labute approximate surface area is 141 Å². The maximum absolute atomic E-state index is 11.9. The summed E-state index contributed by atoms with van der Waals surface area (Å²) < 4.78 is 11.4. The molecule has 0 aliphatic carbocycles. The zero-order valence-corrected chi connectivity index (χ0v) is 13.9. The van der Waals surface area contributed by atoms with E-state index < -0.39 is 5.97 Å². The minimum atomic E-state index is -0.440. The molecule has 0 N–H and O–H groups in total. The Kier molecular flexibility index (Phi) is 4.24. The van der Waals surface area contributed by atoms with Crippen molar-refractivity contribution in [3.8, 4) is 5.75 Å². The van der Waals surface area contributed by atoms with Gasteiger partial charge < -0.3 is 9.47 Å². The molecular weight excluding hydrogens is 393 g/mol. The molecule has 0 amide bonds. The van der Waals surface area contributed by atoms with Crippen LogP contribution in [0.4, 0.5) is 0 Å². The van der Waals surface area contributed by atoms with Gasteiger partial charge in [0.2, 0.25) is 5.90 Å². The lowest BCUT2D eigenvalue weighted by atomic mass is 10.2. The second-order valence-electron chi connectivity index (χ2n) is 4.62. The number of hydrogen-bond acceptors (Lipinski definition) is 4. The van der Waals surface area contributed by atoms with E-state index >= 15 is 0 Å². The van der Waals surface area contributed by atoms with Crippen LogP contribution in [0.3, 0.4) is 0 Å². The summed E-state index contributed by atoms with van der Waals surface area (Å²) in [5, 5.41) is 0. The molecule has 2 aromatic rings. The molecule has 3 rings (SSSR count). The van der Waals surface area contributed by atoms with Crippen molar-refractivity contribution in [3.63, 3.8) is 0 Å². The van der Waals surface area contributed by atoms with E-state index in [1.807, 2.05) is 48.5 Å². The first kappa shape index (κ1) is 14.8. The predicted molar refractivity (Wildman–Crippen MR) is 92.8 cm³/mol. The summed E-state index contributed by atoms with van der Waals surface area (Å²) in [6.07, 6.45) is 1.70. The number of nitrogens with zero attached hydrogens (tertiary/aromatic N) is 1. The van der Waals surface area contributed by atoms with Gasteiger partial charge in [0.15, 0.2) is 5.70 Å². The number of hydrogen-bond donors (Lipinski definition) is 0. The minimum absolute atomic E-state index is 0.290. The molecule has 1 aliphatic rings. The third-order valence-electron chi connectivity index (χ3n) is 3.13. The van der Waals surface area contributed by atoms with E-state index in [0.29, 0.717) is 11.6 Å². The largest absolute Gasteiger partial charge is 0.497 e. The van der Waals surface area contributed by atoms with Crippen molar-refractivity contribution in [3.05, 3.63) is 68.9 Å². The van der Waals surface area contributed by atoms with Crippen LogP contribution >= 0.6 is 22.6 Å². The molecule has 0 spiro atoms. The molecule has 2 aromatic carbocycles. The van der Waals surface area contributed by atoms with Gasteiger partial charge in [-0.3, -0.25) is 0 Å². The molecular formula is C17H12INO3. The van der Waals surface area contributed by atoms with Crippen LogP contribution in [0.1, 0.15) is 11.1 Å². The smallest absolute Gasteiger partial charge is 0.363 e. The first-order valence-electron chi connectivity index (χ1n) is 6.58. The van der Waals surface area contributed by atoms with Gasteiger partial charge in [-0.05, 0) is 70.6 Å². The van der Waals surface area contributed by atoms with Crippen LogP contribution in [0, 0.1) is 3.57 Å². The lowest BCUT2D eigenvalue weighted by Crippen LogP contribution is -2.05. The van der Waals surface area contributed by atoms with E-state index in [9.17, 15) is 4.79 Å². The molecule has 110 valence electrons. The zero-order chi connectivity index (χ0) is 15.5. The van der Waals surface area contributed by atoms with Crippen molar-refractivity contribution in [1.82, 2.24) is 0 Å². The number of carbonyl (C=O) groups is 1. The third kappa shape index (κ3) is 3.19. The van der Waals surface area contributed by atoms with Gasteiger partial charge >= 0.3 is 5.97 Å². The van der Waals surface area contributed by atoms with Crippen LogP contribution in [0.2, 0.25) is 0 Å². The Hall–Kier alpha value is -2.15. The third-order valence-corrected chi connectivity index (χ3v) is 3.85. The van der Waals surface area contributed by atoms with Crippen molar-refractivity contribution in [2.24, 2.45) is 4.99 Å². The van der Waals surface area contributed by atoms with E-state index in [2.05, 4.69) is 27.6 Å². The number of benzene rings is 2. The average Bonchev–Trinajstić information content (AvgIpc) is 2.90. The van der Waals surface area contributed by atoms with Gasteiger partial charge in [0, 0.05) is 9.13 Å². The Bertz CT molecular complexity index is 761. The fourth-order valence-corrected chi connectivity index (χ4v) is 2.34. The van der Waals surface area contributed by atoms with Crippen molar-refractivity contribution >= 4 is 40.5 Å². The minimum Gasteiger partial charge on any atom is -0.497 e. The molecule has 0 saturated heterocycles. The lowest BCUT2D eigenvalue weighted by Gasteiger charge is -1.99.